The summed E-state index contributed by atoms with van der Waals surface area (Å²) in [5.41, 5.74) is 10.4. The largest absolute Gasteiger partial charge is 0.495 e. The van der Waals surface area contributed by atoms with Crippen LogP contribution in [0.25, 0.3) is 89.5 Å². The number of esters is 2. The molecule has 0 aliphatic carbocycles. The zero-order valence-electron chi connectivity index (χ0n) is 57.1. The molecule has 1 unspecified atom stereocenters. The highest BCUT2D eigenvalue weighted by Gasteiger charge is 2.51. The lowest BCUT2D eigenvalue weighted by atomic mass is 9.78. The van der Waals surface area contributed by atoms with Crippen molar-refractivity contribution in [3.05, 3.63) is 232 Å². The highest BCUT2D eigenvalue weighted by Crippen LogP contribution is 2.39. The molecule has 6 aromatic carbocycles. The van der Waals surface area contributed by atoms with Crippen LogP contribution in [0.1, 0.15) is 102 Å². The average molecular weight is 1410 g/mol. The van der Waals surface area contributed by atoms with Crippen LogP contribution >= 0.6 is 11.6 Å². The topological polar surface area (TPSA) is 286 Å². The van der Waals surface area contributed by atoms with E-state index in [0.29, 0.717) is 108 Å². The molecular formula is C79H66BClF2N6O14. The second-order valence-electron chi connectivity index (χ2n) is 23.9. The summed E-state index contributed by atoms with van der Waals surface area (Å²) in [5.74, 6) is -0.459. The standard InChI is InChI=1S/C23H15FN2O3.C22H14N2O4.C16H12ClNO3.C13H15BFNO2.C5H10O2/c1-2-28-23(27)15-5-3-14(4-6-15)21-12-20-22(29-21)18(9-10-26-20)16-7-8-19(24)17(11-16)13-25;1-27-19-7-6-15(10-16(19)12-23)17-8-9-24-18-11-20(28-21(17)18)13-2-4-14(5-3-13)22(25)26;1-2-20-16(19)11-5-3-10(4-6-11)14-9-13-15(21-14)12(17)7-8-18-13;1-12(2)13(3,4)18-14(17-12)10-5-6-11(15)9(7-10)8-16;1-6-5-3-2-4-7-5/h3-12H,2H2,1H3;2-11H,1H3,(H,25,26);3-9H,2H2,1H3;5-7H,1-4H3;5H,2-4H2,1H3. The number of hydrogen-bond acceptors (Lipinski definition) is 19. The van der Waals surface area contributed by atoms with E-state index in [0.717, 1.165) is 47.3 Å². The number of pyridine rings is 3. The van der Waals surface area contributed by atoms with Gasteiger partial charge in [-0.3, -0.25) is 15.0 Å². The van der Waals surface area contributed by atoms with Gasteiger partial charge >= 0.3 is 25.0 Å². The van der Waals surface area contributed by atoms with Crippen LogP contribution in [-0.2, 0) is 28.3 Å². The van der Waals surface area contributed by atoms with Gasteiger partial charge in [-0.25, -0.2) is 23.2 Å². The summed E-state index contributed by atoms with van der Waals surface area (Å²) < 4.78 is 81.5. The van der Waals surface area contributed by atoms with Crippen LogP contribution in [0, 0.1) is 45.6 Å². The molecule has 20 nitrogen and oxygen atoms in total. The molecule has 0 bridgehead atoms. The number of carboxylic acid groups (broad SMARTS) is 1. The maximum absolute atomic E-state index is 13.7. The first-order valence-corrected chi connectivity index (χ1v) is 32.7. The predicted molar refractivity (Wildman–Crippen MR) is 382 cm³/mol. The number of aromatic nitrogens is 3. The number of carbonyl (C=O) groups is 3. The molecule has 0 radical (unpaired) electrons. The maximum Gasteiger partial charge on any atom is 0.494 e. The molecule has 103 heavy (non-hydrogen) atoms. The number of furan rings is 3. The Hall–Kier alpha value is -11.9. The fourth-order valence-corrected chi connectivity index (χ4v) is 10.8. The number of benzene rings is 6. The number of nitrogens with zero attached hydrogens (tertiary/aromatic N) is 6. The third-order valence-corrected chi connectivity index (χ3v) is 17.1. The first-order valence-electron chi connectivity index (χ1n) is 32.3. The molecule has 2 aliphatic heterocycles. The van der Waals surface area contributed by atoms with Gasteiger partial charge < -0.3 is 51.4 Å². The Balaban J connectivity index is 0.000000145. The highest BCUT2D eigenvalue weighted by atomic mass is 35.5. The first kappa shape index (κ1) is 73.8. The van der Waals surface area contributed by atoms with E-state index < -0.39 is 35.9 Å². The minimum Gasteiger partial charge on any atom is -0.495 e. The summed E-state index contributed by atoms with van der Waals surface area (Å²) >= 11 is 6.06. The van der Waals surface area contributed by atoms with E-state index in [2.05, 4.69) is 21.0 Å². The molecule has 0 spiro atoms. The number of methoxy groups -OCH3 is 2. The average Bonchev–Trinajstić information content (AvgIpc) is 1.64. The lowest BCUT2D eigenvalue weighted by Crippen LogP contribution is -2.41. The molecule has 1 N–H and O–H groups in total. The van der Waals surface area contributed by atoms with Crippen LogP contribution < -0.4 is 10.2 Å². The van der Waals surface area contributed by atoms with Gasteiger partial charge in [0.15, 0.2) is 23.0 Å². The minimum absolute atomic E-state index is 0.00205. The fourth-order valence-electron chi connectivity index (χ4n) is 10.6. The van der Waals surface area contributed by atoms with Crippen molar-refractivity contribution in [2.45, 2.75) is 71.9 Å². The Morgan fingerprint density at radius 1 is 0.553 bits per heavy atom. The number of halogens is 3. The van der Waals surface area contributed by atoms with Crippen molar-refractivity contribution < 1.29 is 74.5 Å². The van der Waals surface area contributed by atoms with E-state index >= 15 is 0 Å². The molecule has 24 heteroatoms. The highest BCUT2D eigenvalue weighted by molar-refractivity contribution is 6.62. The Labute approximate surface area is 596 Å². The van der Waals surface area contributed by atoms with Crippen molar-refractivity contribution in [1.29, 1.82) is 15.8 Å². The number of carbonyl (C=O) groups excluding carboxylic acids is 2. The SMILES string of the molecule is CC1(C)OB(c2ccc(F)c(C#N)c2)OC1(C)C.CCOC(=O)c1ccc(-c2cc3nccc(-c4ccc(F)c(C#N)c4)c3o2)cc1.CCOC(=O)c1ccc(-c2cc3nccc(Cl)c3o2)cc1.COC1CCCO1.COc1ccc(-c2ccnc3cc(-c4ccc(C(=O)O)cc4)oc23)cc1C#N. The van der Waals surface area contributed by atoms with Crippen molar-refractivity contribution in [2.75, 3.05) is 34.0 Å². The summed E-state index contributed by atoms with van der Waals surface area (Å²) in [6, 6.07) is 50.9. The number of fused-ring (bicyclic) bond motifs is 3. The van der Waals surface area contributed by atoms with Gasteiger partial charge in [0.1, 0.15) is 69.4 Å². The maximum atomic E-state index is 13.7. The summed E-state index contributed by atoms with van der Waals surface area (Å²) in [6.07, 6.45) is 7.26. The lowest BCUT2D eigenvalue weighted by Gasteiger charge is -2.32. The van der Waals surface area contributed by atoms with Gasteiger partial charge in [-0.2, -0.15) is 15.8 Å². The Bertz CT molecular complexity index is 5170. The first-order chi connectivity index (χ1) is 49.6. The van der Waals surface area contributed by atoms with E-state index in [1.54, 1.807) is 143 Å². The molecule has 2 aliphatic rings. The lowest BCUT2D eigenvalue weighted by molar-refractivity contribution is -0.0880. The van der Waals surface area contributed by atoms with Crippen LogP contribution in [0.2, 0.25) is 5.02 Å². The van der Waals surface area contributed by atoms with Crippen molar-refractivity contribution in [3.63, 3.8) is 0 Å². The van der Waals surface area contributed by atoms with Gasteiger partial charge in [-0.1, -0.05) is 66.2 Å². The van der Waals surface area contributed by atoms with Crippen LogP contribution in [0.4, 0.5) is 8.78 Å². The van der Waals surface area contributed by atoms with E-state index in [-0.39, 0.29) is 34.9 Å². The number of nitriles is 3. The molecule has 520 valence electrons. The van der Waals surface area contributed by atoms with Crippen molar-refractivity contribution >= 4 is 75.4 Å². The molecule has 0 saturated carbocycles. The third-order valence-electron chi connectivity index (χ3n) is 16.8. The van der Waals surface area contributed by atoms with Crippen LogP contribution in [0.5, 0.6) is 5.75 Å². The van der Waals surface area contributed by atoms with Gasteiger partial charge in [0.25, 0.3) is 0 Å². The normalized spacial score (nSPS) is 13.8. The third kappa shape index (κ3) is 17.3. The molecule has 14 rings (SSSR count). The van der Waals surface area contributed by atoms with Gasteiger partial charge in [-0.15, -0.1) is 0 Å². The minimum atomic E-state index is -0.979. The van der Waals surface area contributed by atoms with Gasteiger partial charge in [0, 0.05) is 84.7 Å². The molecule has 2 fully saturated rings. The van der Waals surface area contributed by atoms with E-state index in [4.69, 9.17) is 73.5 Å². The molecular weight excluding hydrogens is 1340 g/mol. The monoisotopic (exact) mass is 1410 g/mol. The Morgan fingerprint density at radius 2 is 0.971 bits per heavy atom. The summed E-state index contributed by atoms with van der Waals surface area (Å²) in [7, 11) is 2.63. The molecule has 12 aromatic rings. The number of aromatic carboxylic acids is 1. The number of carboxylic acids is 1. The van der Waals surface area contributed by atoms with Gasteiger partial charge in [0.2, 0.25) is 0 Å². The smallest absolute Gasteiger partial charge is 0.494 e. The van der Waals surface area contributed by atoms with Crippen LogP contribution in [-0.4, -0.2) is 96.6 Å². The van der Waals surface area contributed by atoms with E-state index in [1.165, 1.54) is 43.5 Å². The summed E-state index contributed by atoms with van der Waals surface area (Å²) in [6.45, 7) is 12.9. The number of rotatable bonds is 13. The molecule has 1 atom stereocenters. The number of hydrogen-bond donors (Lipinski definition) is 1. The quantitative estimate of drug-likeness (QED) is 0.0829. The Morgan fingerprint density at radius 3 is 1.39 bits per heavy atom. The zero-order valence-corrected chi connectivity index (χ0v) is 57.8. The van der Waals surface area contributed by atoms with Crippen molar-refractivity contribution in [3.8, 4) is 80.2 Å². The Kier molecular flexibility index (Phi) is 23.7. The van der Waals surface area contributed by atoms with E-state index in [9.17, 15) is 28.4 Å². The van der Waals surface area contributed by atoms with Gasteiger partial charge in [0.05, 0.1) is 69.9 Å². The van der Waals surface area contributed by atoms with E-state index in [1.807, 2.05) is 64.1 Å². The van der Waals surface area contributed by atoms with Crippen LogP contribution in [0.3, 0.4) is 0 Å². The molecule has 2 saturated heterocycles. The van der Waals surface area contributed by atoms with Crippen LogP contribution in [0.15, 0.2) is 196 Å². The molecule has 6 aromatic heterocycles. The fraction of sp³-hybridized carbons (Fsp3) is 0.203. The summed E-state index contributed by atoms with van der Waals surface area (Å²) in [5, 5.41) is 36.8. The summed E-state index contributed by atoms with van der Waals surface area (Å²) in [4.78, 5) is 47.3. The zero-order chi connectivity index (χ0) is 73.5. The molecule has 8 heterocycles. The number of ether oxygens (including phenoxy) is 5. The second kappa shape index (κ2) is 33.1. The van der Waals surface area contributed by atoms with Gasteiger partial charge in [-0.05, 0) is 156 Å². The second-order valence-corrected chi connectivity index (χ2v) is 24.3. The predicted octanol–water partition coefficient (Wildman–Crippen LogP) is 17.2. The molecule has 0 amide bonds. The van der Waals surface area contributed by atoms with Crippen molar-refractivity contribution in [1.82, 2.24) is 15.0 Å². The van der Waals surface area contributed by atoms with Crippen molar-refractivity contribution in [2.24, 2.45) is 0 Å².